The molecule has 0 heterocycles. The molecule has 0 amide bonds. The van der Waals surface area contributed by atoms with Gasteiger partial charge in [0, 0.05) is 16.5 Å². The average molecular weight is 288 g/mol. The number of ketones is 1. The Morgan fingerprint density at radius 2 is 1.59 bits per heavy atom. The number of hydrogen-bond acceptors (Lipinski definition) is 1. The molecule has 0 saturated carbocycles. The van der Waals surface area contributed by atoms with Crippen molar-refractivity contribution >= 4 is 5.78 Å². The van der Waals surface area contributed by atoms with Crippen molar-refractivity contribution < 1.29 is 4.79 Å². The Morgan fingerprint density at radius 1 is 0.955 bits per heavy atom. The second-order valence-electron chi connectivity index (χ2n) is 5.99. The number of rotatable bonds is 4. The summed E-state index contributed by atoms with van der Waals surface area (Å²) in [6.07, 6.45) is 5.48. The van der Waals surface area contributed by atoms with Gasteiger partial charge in [-0.1, -0.05) is 60.2 Å². The fourth-order valence-electron chi connectivity index (χ4n) is 3.66. The molecule has 0 fully saturated rings. The standard InChI is InChI=1S/C21H20O/c1-4-12-21(13-5-2)18-9-7-6-8-16(18)20(22)17-11-10-15(3)14-19(17)21/h4-11,14H,1-2,12-13H2,3H3. The topological polar surface area (TPSA) is 17.1 Å². The molecule has 1 aliphatic rings. The number of fused-ring (bicyclic) bond motifs is 2. The van der Waals surface area contributed by atoms with Gasteiger partial charge in [0.25, 0.3) is 0 Å². The van der Waals surface area contributed by atoms with E-state index >= 15 is 0 Å². The maximum absolute atomic E-state index is 12.9. The second-order valence-corrected chi connectivity index (χ2v) is 5.99. The Bertz CT molecular complexity index is 757. The van der Waals surface area contributed by atoms with Crippen molar-refractivity contribution in [3.05, 3.63) is 95.6 Å². The summed E-state index contributed by atoms with van der Waals surface area (Å²) in [6.45, 7) is 9.97. The minimum absolute atomic E-state index is 0.120. The molecule has 0 saturated heterocycles. The number of aryl methyl sites for hydroxylation is 1. The SMILES string of the molecule is C=CCC1(CC=C)c2ccccc2C(=O)c2ccc(C)cc21. The maximum atomic E-state index is 12.9. The number of carbonyl (C=O) groups is 1. The molecule has 0 atom stereocenters. The van der Waals surface area contributed by atoms with Gasteiger partial charge in [-0.3, -0.25) is 4.79 Å². The van der Waals surface area contributed by atoms with Crippen LogP contribution >= 0.6 is 0 Å². The highest BCUT2D eigenvalue weighted by molar-refractivity contribution is 6.13. The first-order valence-electron chi connectivity index (χ1n) is 7.61. The van der Waals surface area contributed by atoms with Gasteiger partial charge in [-0.2, -0.15) is 0 Å². The van der Waals surface area contributed by atoms with Crippen molar-refractivity contribution in [1.82, 2.24) is 0 Å². The molecule has 1 nitrogen and oxygen atoms in total. The summed E-state index contributed by atoms with van der Waals surface area (Å²) in [7, 11) is 0. The Morgan fingerprint density at radius 3 is 2.27 bits per heavy atom. The third-order valence-electron chi connectivity index (χ3n) is 4.61. The van der Waals surface area contributed by atoms with Gasteiger partial charge < -0.3 is 0 Å². The summed E-state index contributed by atoms with van der Waals surface area (Å²) in [5.41, 5.74) is 4.75. The van der Waals surface area contributed by atoms with Crippen molar-refractivity contribution in [2.24, 2.45) is 0 Å². The molecule has 0 unspecified atom stereocenters. The van der Waals surface area contributed by atoms with Crippen LogP contribution in [0.1, 0.15) is 45.5 Å². The smallest absolute Gasteiger partial charge is 0.193 e. The molecule has 2 aromatic carbocycles. The van der Waals surface area contributed by atoms with E-state index in [-0.39, 0.29) is 11.2 Å². The van der Waals surface area contributed by atoms with Crippen molar-refractivity contribution in [2.45, 2.75) is 25.2 Å². The molecular formula is C21H20O. The lowest BCUT2D eigenvalue weighted by Crippen LogP contribution is -2.35. The lowest BCUT2D eigenvalue weighted by Gasteiger charge is -2.39. The highest BCUT2D eigenvalue weighted by Gasteiger charge is 2.41. The van der Waals surface area contributed by atoms with Crippen LogP contribution in [0.3, 0.4) is 0 Å². The van der Waals surface area contributed by atoms with Crippen LogP contribution in [0, 0.1) is 6.92 Å². The van der Waals surface area contributed by atoms with Crippen LogP contribution in [0.5, 0.6) is 0 Å². The van der Waals surface area contributed by atoms with Gasteiger partial charge in [0.1, 0.15) is 0 Å². The predicted molar refractivity (Wildman–Crippen MR) is 91.5 cm³/mol. The lowest BCUT2D eigenvalue weighted by atomic mass is 9.62. The van der Waals surface area contributed by atoms with E-state index in [0.29, 0.717) is 0 Å². The first-order valence-corrected chi connectivity index (χ1v) is 7.61. The van der Waals surface area contributed by atoms with E-state index in [0.717, 1.165) is 35.1 Å². The molecule has 22 heavy (non-hydrogen) atoms. The molecule has 0 radical (unpaired) electrons. The molecule has 3 rings (SSSR count). The summed E-state index contributed by atoms with van der Waals surface area (Å²) in [5.74, 6) is 0.120. The summed E-state index contributed by atoms with van der Waals surface area (Å²) in [6, 6.07) is 14.1. The monoisotopic (exact) mass is 288 g/mol. The van der Waals surface area contributed by atoms with Crippen LogP contribution in [-0.4, -0.2) is 5.78 Å². The summed E-state index contributed by atoms with van der Waals surface area (Å²) >= 11 is 0. The van der Waals surface area contributed by atoms with Gasteiger partial charge in [-0.15, -0.1) is 13.2 Å². The molecule has 0 N–H and O–H groups in total. The van der Waals surface area contributed by atoms with E-state index in [9.17, 15) is 4.79 Å². The molecule has 2 aromatic rings. The minimum atomic E-state index is -0.241. The summed E-state index contributed by atoms with van der Waals surface area (Å²) in [4.78, 5) is 12.9. The average Bonchev–Trinajstić information content (AvgIpc) is 2.53. The highest BCUT2D eigenvalue weighted by Crippen LogP contribution is 2.47. The predicted octanol–water partition coefficient (Wildman–Crippen LogP) is 4.98. The zero-order valence-electron chi connectivity index (χ0n) is 12.9. The third kappa shape index (κ3) is 1.97. The van der Waals surface area contributed by atoms with E-state index < -0.39 is 0 Å². The second kappa shape index (κ2) is 5.42. The van der Waals surface area contributed by atoms with Crippen LogP contribution < -0.4 is 0 Å². The largest absolute Gasteiger partial charge is 0.289 e. The van der Waals surface area contributed by atoms with E-state index in [1.807, 2.05) is 42.5 Å². The fourth-order valence-corrected chi connectivity index (χ4v) is 3.66. The van der Waals surface area contributed by atoms with Gasteiger partial charge in [-0.25, -0.2) is 0 Å². The molecule has 0 bridgehead atoms. The Labute approximate surface area is 132 Å². The van der Waals surface area contributed by atoms with Gasteiger partial charge in [0.15, 0.2) is 5.78 Å². The lowest BCUT2D eigenvalue weighted by molar-refractivity contribution is 0.103. The summed E-state index contributed by atoms with van der Waals surface area (Å²) < 4.78 is 0. The first-order chi connectivity index (χ1) is 10.6. The molecular weight excluding hydrogens is 268 g/mol. The number of benzene rings is 2. The maximum Gasteiger partial charge on any atom is 0.193 e. The van der Waals surface area contributed by atoms with Crippen molar-refractivity contribution in [1.29, 1.82) is 0 Å². The molecule has 0 aromatic heterocycles. The van der Waals surface area contributed by atoms with E-state index in [2.05, 4.69) is 32.2 Å². The van der Waals surface area contributed by atoms with Crippen molar-refractivity contribution in [3.8, 4) is 0 Å². The van der Waals surface area contributed by atoms with Crippen LogP contribution in [-0.2, 0) is 5.41 Å². The molecule has 1 heteroatoms. The van der Waals surface area contributed by atoms with Gasteiger partial charge >= 0.3 is 0 Å². The Hall–Kier alpha value is -2.41. The summed E-state index contributed by atoms with van der Waals surface area (Å²) in [5, 5.41) is 0. The van der Waals surface area contributed by atoms with E-state index in [1.165, 1.54) is 5.56 Å². The van der Waals surface area contributed by atoms with Crippen LogP contribution in [0.25, 0.3) is 0 Å². The zero-order valence-corrected chi connectivity index (χ0v) is 12.9. The van der Waals surface area contributed by atoms with E-state index in [4.69, 9.17) is 0 Å². The molecule has 1 aliphatic carbocycles. The van der Waals surface area contributed by atoms with Crippen LogP contribution in [0.4, 0.5) is 0 Å². The number of hydrogen-bond donors (Lipinski definition) is 0. The van der Waals surface area contributed by atoms with Gasteiger partial charge in [0.2, 0.25) is 0 Å². The molecule has 0 spiro atoms. The first kappa shape index (κ1) is 14.5. The number of carbonyl (C=O) groups excluding carboxylic acids is 1. The van der Waals surface area contributed by atoms with Crippen molar-refractivity contribution in [2.75, 3.05) is 0 Å². The van der Waals surface area contributed by atoms with E-state index in [1.54, 1.807) is 0 Å². The van der Waals surface area contributed by atoms with Gasteiger partial charge in [-0.05, 0) is 30.9 Å². The minimum Gasteiger partial charge on any atom is -0.289 e. The van der Waals surface area contributed by atoms with Gasteiger partial charge in [0.05, 0.1) is 0 Å². The van der Waals surface area contributed by atoms with Crippen molar-refractivity contribution in [3.63, 3.8) is 0 Å². The highest BCUT2D eigenvalue weighted by atomic mass is 16.1. The van der Waals surface area contributed by atoms with Crippen LogP contribution in [0.15, 0.2) is 67.8 Å². The molecule has 0 aliphatic heterocycles. The molecule has 110 valence electrons. The third-order valence-corrected chi connectivity index (χ3v) is 4.61. The normalized spacial score (nSPS) is 14.9. The Kier molecular flexibility index (Phi) is 3.58. The fraction of sp³-hybridized carbons (Fsp3) is 0.190. The zero-order chi connectivity index (χ0) is 15.7. The quantitative estimate of drug-likeness (QED) is 0.725. The Balaban J connectivity index is 2.40. The number of allylic oxidation sites excluding steroid dienone is 2. The van der Waals surface area contributed by atoms with Crippen LogP contribution in [0.2, 0.25) is 0 Å².